The van der Waals surface area contributed by atoms with Crippen molar-refractivity contribution in [2.24, 2.45) is 22.4 Å². The number of aliphatic hydroxyl groups is 1. The van der Waals surface area contributed by atoms with Gasteiger partial charge in [0.05, 0.1) is 6.34 Å². The number of nitrogens with two attached hydrogens (primary N) is 2. The molecule has 2 unspecified atom stereocenters. The lowest BCUT2D eigenvalue weighted by atomic mass is 10.0. The maximum absolute atomic E-state index is 8.72. The van der Waals surface area contributed by atoms with E-state index in [4.69, 9.17) is 16.6 Å². The molecule has 0 aromatic carbocycles. The Morgan fingerprint density at radius 2 is 2.27 bits per heavy atom. The van der Waals surface area contributed by atoms with Gasteiger partial charge in [0, 0.05) is 19.2 Å². The smallest absolute Gasteiger partial charge is 0.0797 e. The van der Waals surface area contributed by atoms with Gasteiger partial charge in [-0.2, -0.15) is 0 Å². The number of rotatable bonds is 5. The van der Waals surface area contributed by atoms with Gasteiger partial charge in [0.2, 0.25) is 0 Å². The lowest BCUT2D eigenvalue weighted by molar-refractivity contribution is 0.213. The summed E-state index contributed by atoms with van der Waals surface area (Å²) in [7, 11) is 0. The van der Waals surface area contributed by atoms with Crippen LogP contribution in [0, 0.1) is 5.92 Å². The number of hydrogen-bond acceptors (Lipinski definition) is 3. The van der Waals surface area contributed by atoms with Crippen molar-refractivity contribution in [2.75, 3.05) is 13.2 Å². The van der Waals surface area contributed by atoms with Gasteiger partial charge in [0.1, 0.15) is 0 Å². The first-order valence-electron chi connectivity index (χ1n) is 3.78. The van der Waals surface area contributed by atoms with Gasteiger partial charge in [-0.15, -0.1) is 0 Å². The Labute approximate surface area is 67.3 Å². The molecule has 2 atom stereocenters. The Kier molecular flexibility index (Phi) is 5.78. The molecule has 0 amide bonds. The maximum atomic E-state index is 8.72. The molecule has 0 radical (unpaired) electrons. The minimum absolute atomic E-state index is 0.0173. The van der Waals surface area contributed by atoms with Crippen molar-refractivity contribution in [3.63, 3.8) is 0 Å². The number of aliphatic imine (C=N–C) groups is 1. The average Bonchev–Trinajstić information content (AvgIpc) is 2.03. The van der Waals surface area contributed by atoms with Crippen molar-refractivity contribution in [2.45, 2.75) is 19.4 Å². The topological polar surface area (TPSA) is 84.6 Å². The molecule has 0 bridgehead atoms. The summed E-state index contributed by atoms with van der Waals surface area (Å²) in [4.78, 5) is 3.82. The molecule has 0 fully saturated rings. The van der Waals surface area contributed by atoms with Crippen LogP contribution in [0.5, 0.6) is 0 Å². The Bertz CT molecular complexity index is 116. The molecule has 66 valence electrons. The molecule has 0 aromatic rings. The molecule has 0 saturated heterocycles. The summed E-state index contributed by atoms with van der Waals surface area (Å²) in [6.45, 7) is 2.69. The summed E-state index contributed by atoms with van der Waals surface area (Å²) in [5, 5.41) is 8.72. The first kappa shape index (κ1) is 10.4. The molecule has 4 nitrogen and oxygen atoms in total. The van der Waals surface area contributed by atoms with Gasteiger partial charge in [0.15, 0.2) is 0 Å². The molecule has 0 saturated carbocycles. The normalized spacial score (nSPS) is 17.0. The molecule has 0 rings (SSSR count). The molecule has 0 aliphatic rings. The largest absolute Gasteiger partial charge is 0.396 e. The second-order valence-electron chi connectivity index (χ2n) is 2.67. The van der Waals surface area contributed by atoms with Crippen LogP contribution in [-0.2, 0) is 0 Å². The Hall–Kier alpha value is -0.610. The van der Waals surface area contributed by atoms with E-state index < -0.39 is 0 Å². The number of hydrogen-bond donors (Lipinski definition) is 3. The second-order valence-corrected chi connectivity index (χ2v) is 2.67. The molecule has 0 heterocycles. The Morgan fingerprint density at radius 3 is 2.73 bits per heavy atom. The number of nitrogens with zero attached hydrogens (tertiary/aromatic N) is 1. The quantitative estimate of drug-likeness (QED) is 0.367. The van der Waals surface area contributed by atoms with Crippen LogP contribution < -0.4 is 11.5 Å². The van der Waals surface area contributed by atoms with E-state index in [1.54, 1.807) is 0 Å². The van der Waals surface area contributed by atoms with Crippen LogP contribution in [0.2, 0.25) is 0 Å². The molecule has 0 aliphatic carbocycles. The lowest BCUT2D eigenvalue weighted by Crippen LogP contribution is -2.31. The molecule has 5 N–H and O–H groups in total. The zero-order valence-electron chi connectivity index (χ0n) is 6.90. The third kappa shape index (κ3) is 4.75. The Morgan fingerprint density at radius 1 is 1.64 bits per heavy atom. The highest BCUT2D eigenvalue weighted by Crippen LogP contribution is 2.02. The molecular formula is C7H17N3O. The van der Waals surface area contributed by atoms with Crippen molar-refractivity contribution in [3.8, 4) is 0 Å². The van der Waals surface area contributed by atoms with E-state index in [-0.39, 0.29) is 18.6 Å². The van der Waals surface area contributed by atoms with E-state index >= 15 is 0 Å². The highest BCUT2D eigenvalue weighted by Gasteiger charge is 2.09. The van der Waals surface area contributed by atoms with Crippen LogP contribution in [0.1, 0.15) is 13.3 Å². The van der Waals surface area contributed by atoms with Crippen LogP contribution in [0.3, 0.4) is 0 Å². The monoisotopic (exact) mass is 159 g/mol. The zero-order chi connectivity index (χ0) is 8.69. The van der Waals surface area contributed by atoms with Crippen LogP contribution in [0.4, 0.5) is 0 Å². The molecule has 0 aromatic heterocycles. The molecule has 0 aliphatic heterocycles. The third-order valence-electron chi connectivity index (χ3n) is 1.72. The van der Waals surface area contributed by atoms with Crippen LogP contribution in [0.15, 0.2) is 4.99 Å². The van der Waals surface area contributed by atoms with Gasteiger partial charge < -0.3 is 16.6 Å². The van der Waals surface area contributed by atoms with Gasteiger partial charge in [0.25, 0.3) is 0 Å². The van der Waals surface area contributed by atoms with Gasteiger partial charge in [-0.3, -0.25) is 4.99 Å². The summed E-state index contributed by atoms with van der Waals surface area (Å²) in [6, 6.07) is 0.0173. The molecule has 11 heavy (non-hydrogen) atoms. The van der Waals surface area contributed by atoms with Crippen LogP contribution >= 0.6 is 0 Å². The summed E-state index contributed by atoms with van der Waals surface area (Å²) in [5.41, 5.74) is 10.7. The van der Waals surface area contributed by atoms with Crippen molar-refractivity contribution < 1.29 is 5.11 Å². The molecule has 4 heteroatoms. The fraction of sp³-hybridized carbons (Fsp3) is 0.857. The predicted molar refractivity (Wildman–Crippen MR) is 46.4 cm³/mol. The van der Waals surface area contributed by atoms with E-state index in [0.29, 0.717) is 6.54 Å². The summed E-state index contributed by atoms with van der Waals surface area (Å²) in [5.74, 6) is 0.142. The van der Waals surface area contributed by atoms with Gasteiger partial charge in [-0.25, -0.2) is 0 Å². The SMILES string of the molecule is CC(CO)C(N)CCN=CN. The van der Waals surface area contributed by atoms with E-state index in [1.807, 2.05) is 6.92 Å². The summed E-state index contributed by atoms with van der Waals surface area (Å²) >= 11 is 0. The van der Waals surface area contributed by atoms with E-state index in [0.717, 1.165) is 6.42 Å². The molecule has 0 spiro atoms. The van der Waals surface area contributed by atoms with E-state index in [9.17, 15) is 0 Å². The highest BCUT2D eigenvalue weighted by atomic mass is 16.3. The highest BCUT2D eigenvalue weighted by molar-refractivity contribution is 5.50. The molecular weight excluding hydrogens is 142 g/mol. The maximum Gasteiger partial charge on any atom is 0.0797 e. The van der Waals surface area contributed by atoms with Crippen molar-refractivity contribution in [1.82, 2.24) is 0 Å². The van der Waals surface area contributed by atoms with Gasteiger partial charge >= 0.3 is 0 Å². The minimum atomic E-state index is 0.0173. The third-order valence-corrected chi connectivity index (χ3v) is 1.72. The second kappa shape index (κ2) is 6.12. The summed E-state index contributed by atoms with van der Waals surface area (Å²) in [6.07, 6.45) is 2.05. The zero-order valence-corrected chi connectivity index (χ0v) is 6.90. The lowest BCUT2D eigenvalue weighted by Gasteiger charge is -2.15. The number of aliphatic hydroxyl groups excluding tert-OH is 1. The Balaban J connectivity index is 3.43. The predicted octanol–water partition coefficient (Wildman–Crippen LogP) is -0.681. The fourth-order valence-electron chi connectivity index (χ4n) is 0.718. The van der Waals surface area contributed by atoms with Gasteiger partial charge in [-0.05, 0) is 12.3 Å². The standard InChI is InChI=1S/C7H17N3O/c1-6(4-11)7(9)2-3-10-5-8/h5-7,11H,2-4,9H2,1H3,(H2,8,10). The first-order valence-corrected chi connectivity index (χ1v) is 3.78. The average molecular weight is 159 g/mol. The van der Waals surface area contributed by atoms with E-state index in [1.165, 1.54) is 6.34 Å². The van der Waals surface area contributed by atoms with Crippen LogP contribution in [-0.4, -0.2) is 30.6 Å². The van der Waals surface area contributed by atoms with Crippen LogP contribution in [0.25, 0.3) is 0 Å². The van der Waals surface area contributed by atoms with Crippen molar-refractivity contribution in [3.05, 3.63) is 0 Å². The first-order chi connectivity index (χ1) is 5.22. The van der Waals surface area contributed by atoms with Crippen molar-refractivity contribution in [1.29, 1.82) is 0 Å². The fourth-order valence-corrected chi connectivity index (χ4v) is 0.718. The van der Waals surface area contributed by atoms with E-state index in [2.05, 4.69) is 4.99 Å². The van der Waals surface area contributed by atoms with Gasteiger partial charge in [-0.1, -0.05) is 6.92 Å². The summed E-state index contributed by atoms with van der Waals surface area (Å²) < 4.78 is 0. The van der Waals surface area contributed by atoms with Crippen molar-refractivity contribution >= 4 is 6.34 Å². The minimum Gasteiger partial charge on any atom is -0.396 e.